The third-order valence-electron chi connectivity index (χ3n) is 2.29. The van der Waals surface area contributed by atoms with E-state index in [4.69, 9.17) is 0 Å². The Labute approximate surface area is 89.6 Å². The number of imidazole rings is 1. The van der Waals surface area contributed by atoms with E-state index in [1.165, 1.54) is 0 Å². The van der Waals surface area contributed by atoms with E-state index in [-0.39, 0.29) is 5.41 Å². The predicted octanol–water partition coefficient (Wildman–Crippen LogP) is 2.77. The lowest BCUT2D eigenvalue weighted by Gasteiger charge is -2.14. The molecule has 3 nitrogen and oxygen atoms in total. The molecule has 15 heavy (non-hydrogen) atoms. The van der Waals surface area contributed by atoms with Crippen LogP contribution >= 0.6 is 0 Å². The molecule has 0 spiro atoms. The number of nitrogens with zero attached hydrogens (tertiary/aromatic N) is 2. The van der Waals surface area contributed by atoms with Crippen molar-refractivity contribution < 1.29 is 0 Å². The molecule has 1 N–H and O–H groups in total. The average Bonchev–Trinajstić information content (AvgIpc) is 2.67. The summed E-state index contributed by atoms with van der Waals surface area (Å²) in [6, 6.07) is 5.81. The lowest BCUT2D eigenvalue weighted by molar-refractivity contribution is 0.572. The van der Waals surface area contributed by atoms with Crippen LogP contribution in [0.25, 0.3) is 11.5 Å². The van der Waals surface area contributed by atoms with E-state index >= 15 is 0 Å². The van der Waals surface area contributed by atoms with E-state index in [1.54, 1.807) is 6.20 Å². The van der Waals surface area contributed by atoms with Crippen LogP contribution in [0.4, 0.5) is 0 Å². The summed E-state index contributed by atoms with van der Waals surface area (Å²) in [7, 11) is 0. The van der Waals surface area contributed by atoms with Gasteiger partial charge in [0.25, 0.3) is 0 Å². The minimum absolute atomic E-state index is 0.0973. The fraction of sp³-hybridized carbons (Fsp3) is 0.333. The topological polar surface area (TPSA) is 41.6 Å². The van der Waals surface area contributed by atoms with E-state index in [2.05, 4.69) is 35.7 Å². The van der Waals surface area contributed by atoms with Gasteiger partial charge in [-0.05, 0) is 12.1 Å². The molecular formula is C12H15N3. The molecule has 0 aliphatic rings. The standard InChI is InChI=1S/C12H15N3/c1-12(2,3)10-8-14-11(15-10)9-6-4-5-7-13-9/h4-8H,1-3H3,(H,14,15). The van der Waals surface area contributed by atoms with E-state index < -0.39 is 0 Å². The molecule has 0 radical (unpaired) electrons. The number of aromatic amines is 1. The number of rotatable bonds is 1. The largest absolute Gasteiger partial charge is 0.340 e. The van der Waals surface area contributed by atoms with E-state index in [9.17, 15) is 0 Å². The van der Waals surface area contributed by atoms with Gasteiger partial charge in [-0.2, -0.15) is 0 Å². The van der Waals surface area contributed by atoms with Gasteiger partial charge in [0.15, 0.2) is 5.82 Å². The molecule has 0 aliphatic carbocycles. The van der Waals surface area contributed by atoms with Crippen molar-refractivity contribution >= 4 is 0 Å². The van der Waals surface area contributed by atoms with Crippen molar-refractivity contribution in [2.24, 2.45) is 0 Å². The van der Waals surface area contributed by atoms with Crippen molar-refractivity contribution in [1.29, 1.82) is 0 Å². The Balaban J connectivity index is 2.37. The Morgan fingerprint density at radius 2 is 1.93 bits per heavy atom. The maximum atomic E-state index is 4.33. The molecule has 78 valence electrons. The molecule has 0 unspecified atom stereocenters. The summed E-state index contributed by atoms with van der Waals surface area (Å²) in [6.07, 6.45) is 3.65. The highest BCUT2D eigenvalue weighted by Crippen LogP contribution is 2.22. The molecule has 0 aliphatic heterocycles. The molecule has 0 fully saturated rings. The van der Waals surface area contributed by atoms with Gasteiger partial charge in [0.05, 0.1) is 0 Å². The third-order valence-corrected chi connectivity index (χ3v) is 2.29. The predicted molar refractivity (Wildman–Crippen MR) is 60.5 cm³/mol. The first kappa shape index (κ1) is 9.90. The fourth-order valence-corrected chi connectivity index (χ4v) is 1.34. The van der Waals surface area contributed by atoms with Crippen LogP contribution in [0.1, 0.15) is 26.5 Å². The first-order valence-electron chi connectivity index (χ1n) is 5.04. The summed E-state index contributed by atoms with van der Waals surface area (Å²) in [6.45, 7) is 6.47. The Hall–Kier alpha value is -1.64. The van der Waals surface area contributed by atoms with Gasteiger partial charge < -0.3 is 4.98 Å². The Morgan fingerprint density at radius 1 is 1.13 bits per heavy atom. The highest BCUT2D eigenvalue weighted by Gasteiger charge is 2.16. The number of pyridine rings is 1. The molecule has 0 amide bonds. The van der Waals surface area contributed by atoms with Gasteiger partial charge in [-0.25, -0.2) is 4.98 Å². The molecule has 0 bridgehead atoms. The van der Waals surface area contributed by atoms with E-state index in [0.29, 0.717) is 0 Å². The quantitative estimate of drug-likeness (QED) is 0.770. The second-order valence-corrected chi connectivity index (χ2v) is 4.61. The molecule has 2 rings (SSSR count). The number of hydrogen-bond acceptors (Lipinski definition) is 2. The average molecular weight is 201 g/mol. The van der Waals surface area contributed by atoms with Crippen molar-refractivity contribution in [2.45, 2.75) is 26.2 Å². The van der Waals surface area contributed by atoms with Gasteiger partial charge in [0.2, 0.25) is 0 Å². The minimum atomic E-state index is 0.0973. The highest BCUT2D eigenvalue weighted by molar-refractivity contribution is 5.49. The van der Waals surface area contributed by atoms with Gasteiger partial charge in [0, 0.05) is 23.5 Å². The minimum Gasteiger partial charge on any atom is -0.340 e. The van der Waals surface area contributed by atoms with Crippen LogP contribution in [0, 0.1) is 0 Å². The lowest BCUT2D eigenvalue weighted by Crippen LogP contribution is -2.11. The molecule has 2 heterocycles. The maximum Gasteiger partial charge on any atom is 0.156 e. The van der Waals surface area contributed by atoms with Crippen molar-refractivity contribution in [3.05, 3.63) is 36.3 Å². The molecule has 0 atom stereocenters. The molecule has 2 aromatic heterocycles. The van der Waals surface area contributed by atoms with Gasteiger partial charge in [-0.3, -0.25) is 4.98 Å². The number of nitrogens with one attached hydrogen (secondary N) is 1. The summed E-state index contributed by atoms with van der Waals surface area (Å²) in [5.41, 5.74) is 2.11. The van der Waals surface area contributed by atoms with Crippen LogP contribution in [0.3, 0.4) is 0 Å². The van der Waals surface area contributed by atoms with E-state index in [0.717, 1.165) is 17.2 Å². The van der Waals surface area contributed by atoms with Crippen LogP contribution in [-0.4, -0.2) is 15.0 Å². The van der Waals surface area contributed by atoms with Crippen molar-refractivity contribution in [3.8, 4) is 11.5 Å². The number of hydrogen-bond donors (Lipinski definition) is 1. The summed E-state index contributed by atoms with van der Waals surface area (Å²) in [4.78, 5) is 11.9. The Bertz CT molecular complexity index is 437. The van der Waals surface area contributed by atoms with Gasteiger partial charge >= 0.3 is 0 Å². The van der Waals surface area contributed by atoms with Crippen LogP contribution in [0.2, 0.25) is 0 Å². The number of aromatic nitrogens is 3. The van der Waals surface area contributed by atoms with Crippen molar-refractivity contribution in [2.75, 3.05) is 0 Å². The van der Waals surface area contributed by atoms with Crippen LogP contribution < -0.4 is 0 Å². The highest BCUT2D eigenvalue weighted by atomic mass is 14.9. The lowest BCUT2D eigenvalue weighted by atomic mass is 9.93. The molecule has 0 saturated heterocycles. The van der Waals surface area contributed by atoms with E-state index in [1.807, 2.05) is 24.4 Å². The van der Waals surface area contributed by atoms with Crippen LogP contribution in [-0.2, 0) is 5.41 Å². The maximum absolute atomic E-state index is 4.33. The Morgan fingerprint density at radius 3 is 2.47 bits per heavy atom. The van der Waals surface area contributed by atoms with Crippen LogP contribution in [0.5, 0.6) is 0 Å². The van der Waals surface area contributed by atoms with Gasteiger partial charge in [-0.1, -0.05) is 26.8 Å². The second kappa shape index (κ2) is 3.50. The summed E-state index contributed by atoms with van der Waals surface area (Å²) < 4.78 is 0. The molecule has 3 heteroatoms. The smallest absolute Gasteiger partial charge is 0.156 e. The fourth-order valence-electron chi connectivity index (χ4n) is 1.34. The molecule has 0 saturated carbocycles. The SMILES string of the molecule is CC(C)(C)c1cnc(-c2ccccn2)[nH]1. The summed E-state index contributed by atoms with van der Waals surface area (Å²) in [5, 5.41) is 0. The summed E-state index contributed by atoms with van der Waals surface area (Å²) >= 11 is 0. The van der Waals surface area contributed by atoms with Crippen molar-refractivity contribution in [1.82, 2.24) is 15.0 Å². The first-order chi connectivity index (χ1) is 7.07. The number of H-pyrrole nitrogens is 1. The monoisotopic (exact) mass is 201 g/mol. The zero-order chi connectivity index (χ0) is 10.9. The second-order valence-electron chi connectivity index (χ2n) is 4.61. The zero-order valence-electron chi connectivity index (χ0n) is 9.28. The third kappa shape index (κ3) is 2.06. The normalized spacial score (nSPS) is 11.7. The molecular weight excluding hydrogens is 186 g/mol. The van der Waals surface area contributed by atoms with Crippen molar-refractivity contribution in [3.63, 3.8) is 0 Å². The van der Waals surface area contributed by atoms with Gasteiger partial charge in [0.1, 0.15) is 5.69 Å². The molecule has 0 aromatic carbocycles. The first-order valence-corrected chi connectivity index (χ1v) is 5.04. The zero-order valence-corrected chi connectivity index (χ0v) is 9.28. The van der Waals surface area contributed by atoms with Gasteiger partial charge in [-0.15, -0.1) is 0 Å². The summed E-state index contributed by atoms with van der Waals surface area (Å²) in [5.74, 6) is 0.834. The molecule has 2 aromatic rings. The Kier molecular flexibility index (Phi) is 2.31. The van der Waals surface area contributed by atoms with Crippen LogP contribution in [0.15, 0.2) is 30.6 Å².